The number of nitrogens with zero attached hydrogens (tertiary/aromatic N) is 3. The molecule has 2 heterocycles. The number of benzene rings is 2. The van der Waals surface area contributed by atoms with Gasteiger partial charge in [0, 0.05) is 22.7 Å². The summed E-state index contributed by atoms with van der Waals surface area (Å²) in [5, 5.41) is 21.5. The minimum absolute atomic E-state index is 0.569. The van der Waals surface area contributed by atoms with Gasteiger partial charge in [0.2, 0.25) is 0 Å². The molecule has 0 saturated heterocycles. The van der Waals surface area contributed by atoms with Gasteiger partial charge in [-0.3, -0.25) is 5.10 Å². The number of aromatic amines is 1. The first-order chi connectivity index (χ1) is 14.1. The molecule has 0 atom stereocenters. The number of fused-ring (bicyclic) bond motifs is 1. The lowest BCUT2D eigenvalue weighted by Crippen LogP contribution is -1.98. The number of H-pyrrole nitrogens is 1. The topological polar surface area (TPSA) is 95.9 Å². The molecule has 0 bridgehead atoms. The zero-order valence-corrected chi connectivity index (χ0v) is 16.3. The minimum Gasteiger partial charge on any atom is -0.493 e. The molecule has 0 fully saturated rings. The highest BCUT2D eigenvalue weighted by Gasteiger charge is 2.14. The monoisotopic (exact) mass is 385 g/mol. The van der Waals surface area contributed by atoms with E-state index in [4.69, 9.17) is 14.5 Å². The highest BCUT2D eigenvalue weighted by Crippen LogP contribution is 2.38. The van der Waals surface area contributed by atoms with Gasteiger partial charge in [-0.05, 0) is 42.6 Å². The lowest BCUT2D eigenvalue weighted by atomic mass is 10.0. The maximum Gasteiger partial charge on any atom is 0.161 e. The van der Waals surface area contributed by atoms with E-state index < -0.39 is 0 Å². The molecule has 2 N–H and O–H groups in total. The first-order valence-electron chi connectivity index (χ1n) is 8.97. The molecule has 144 valence electrons. The normalized spacial score (nSPS) is 10.6. The van der Waals surface area contributed by atoms with Gasteiger partial charge in [0.1, 0.15) is 5.82 Å². The van der Waals surface area contributed by atoms with E-state index in [-0.39, 0.29) is 0 Å². The zero-order chi connectivity index (χ0) is 20.4. The summed E-state index contributed by atoms with van der Waals surface area (Å²) in [5.41, 5.74) is 3.08. The smallest absolute Gasteiger partial charge is 0.161 e. The van der Waals surface area contributed by atoms with Gasteiger partial charge in [0.25, 0.3) is 0 Å². The van der Waals surface area contributed by atoms with Crippen molar-refractivity contribution in [2.75, 3.05) is 19.5 Å². The second-order valence-corrected chi connectivity index (χ2v) is 6.54. The standard InChI is InChI=1S/C22H19N5O2/c1-13-7-21(27-26-13)24-20-10-16-9-18(28-2)19(29-3)11-17(16)22(25-20)15-6-4-5-14(8-15)12-23/h4-11H,1-3H3,(H2,24,25,26,27). The number of methoxy groups -OCH3 is 2. The number of hydrogen-bond acceptors (Lipinski definition) is 6. The summed E-state index contributed by atoms with van der Waals surface area (Å²) in [4.78, 5) is 4.81. The van der Waals surface area contributed by atoms with Gasteiger partial charge >= 0.3 is 0 Å². The quantitative estimate of drug-likeness (QED) is 0.523. The van der Waals surface area contributed by atoms with E-state index >= 15 is 0 Å². The van der Waals surface area contributed by atoms with Crippen LogP contribution in [0.1, 0.15) is 11.3 Å². The molecule has 4 aromatic rings. The number of pyridine rings is 1. The van der Waals surface area contributed by atoms with Crippen LogP contribution in [0.5, 0.6) is 11.5 Å². The van der Waals surface area contributed by atoms with Gasteiger partial charge in [-0.1, -0.05) is 12.1 Å². The fraction of sp³-hybridized carbons (Fsp3) is 0.136. The number of aromatic nitrogens is 3. The third kappa shape index (κ3) is 3.56. The van der Waals surface area contributed by atoms with E-state index in [0.29, 0.717) is 28.7 Å². The molecular weight excluding hydrogens is 366 g/mol. The Kier molecular flexibility index (Phi) is 4.75. The molecule has 0 spiro atoms. The molecule has 0 unspecified atom stereocenters. The lowest BCUT2D eigenvalue weighted by molar-refractivity contribution is 0.356. The fourth-order valence-electron chi connectivity index (χ4n) is 3.21. The first kappa shape index (κ1) is 18.3. The third-order valence-electron chi connectivity index (χ3n) is 4.56. The van der Waals surface area contributed by atoms with Crippen molar-refractivity contribution in [3.63, 3.8) is 0 Å². The van der Waals surface area contributed by atoms with Crippen molar-refractivity contribution in [1.82, 2.24) is 15.2 Å². The van der Waals surface area contributed by atoms with Crippen molar-refractivity contribution in [3.8, 4) is 28.8 Å². The summed E-state index contributed by atoms with van der Waals surface area (Å²) in [6, 6.07) is 17.2. The summed E-state index contributed by atoms with van der Waals surface area (Å²) >= 11 is 0. The predicted molar refractivity (Wildman–Crippen MR) is 112 cm³/mol. The van der Waals surface area contributed by atoms with E-state index in [1.165, 1.54) is 0 Å². The van der Waals surface area contributed by atoms with Crippen LogP contribution < -0.4 is 14.8 Å². The van der Waals surface area contributed by atoms with Crippen LogP contribution in [0, 0.1) is 18.3 Å². The van der Waals surface area contributed by atoms with E-state index in [9.17, 15) is 5.26 Å². The van der Waals surface area contributed by atoms with Crippen LogP contribution in [0.2, 0.25) is 0 Å². The SMILES string of the molecule is COc1cc2cc(Nc3cc(C)[nH]n3)nc(-c3cccc(C#N)c3)c2cc1OC. The van der Waals surface area contributed by atoms with Crippen LogP contribution in [0.15, 0.2) is 48.5 Å². The Hall–Kier alpha value is -4.05. The number of nitrogens with one attached hydrogen (secondary N) is 2. The van der Waals surface area contributed by atoms with Gasteiger partial charge in [-0.15, -0.1) is 0 Å². The summed E-state index contributed by atoms with van der Waals surface area (Å²) in [5.74, 6) is 2.55. The predicted octanol–water partition coefficient (Wildman–Crippen LogP) is 4.57. The van der Waals surface area contributed by atoms with Gasteiger partial charge in [-0.25, -0.2) is 4.98 Å². The molecule has 7 heteroatoms. The lowest BCUT2D eigenvalue weighted by Gasteiger charge is -2.14. The van der Waals surface area contributed by atoms with Gasteiger partial charge in [0.15, 0.2) is 17.3 Å². The molecule has 0 saturated carbocycles. The van der Waals surface area contributed by atoms with Crippen LogP contribution in [0.3, 0.4) is 0 Å². The molecule has 2 aromatic heterocycles. The number of hydrogen-bond donors (Lipinski definition) is 2. The van der Waals surface area contributed by atoms with E-state index in [2.05, 4.69) is 21.6 Å². The molecule has 0 amide bonds. The van der Waals surface area contributed by atoms with Crippen LogP contribution in [-0.4, -0.2) is 29.4 Å². The largest absolute Gasteiger partial charge is 0.493 e. The average Bonchev–Trinajstić information content (AvgIpc) is 3.16. The summed E-state index contributed by atoms with van der Waals surface area (Å²) in [6.45, 7) is 1.93. The van der Waals surface area contributed by atoms with Crippen LogP contribution in [-0.2, 0) is 0 Å². The fourth-order valence-corrected chi connectivity index (χ4v) is 3.21. The second-order valence-electron chi connectivity index (χ2n) is 6.54. The maximum absolute atomic E-state index is 9.29. The molecule has 7 nitrogen and oxygen atoms in total. The van der Waals surface area contributed by atoms with E-state index in [1.807, 2.05) is 49.4 Å². The molecular formula is C22H19N5O2. The Labute approximate surface area is 167 Å². The molecule has 4 rings (SSSR count). The number of ether oxygens (including phenoxy) is 2. The van der Waals surface area contributed by atoms with Crippen molar-refractivity contribution in [3.05, 3.63) is 59.8 Å². The second kappa shape index (κ2) is 7.52. The van der Waals surface area contributed by atoms with E-state index in [1.54, 1.807) is 20.3 Å². The van der Waals surface area contributed by atoms with Crippen molar-refractivity contribution in [2.24, 2.45) is 0 Å². The Bertz CT molecular complexity index is 1240. The molecule has 2 aromatic carbocycles. The van der Waals surface area contributed by atoms with Crippen LogP contribution in [0.25, 0.3) is 22.0 Å². The molecule has 0 aliphatic heterocycles. The highest BCUT2D eigenvalue weighted by molar-refractivity contribution is 5.98. The minimum atomic E-state index is 0.569. The molecule has 0 aliphatic rings. The van der Waals surface area contributed by atoms with Crippen LogP contribution in [0.4, 0.5) is 11.6 Å². The van der Waals surface area contributed by atoms with Crippen molar-refractivity contribution >= 4 is 22.4 Å². The van der Waals surface area contributed by atoms with Gasteiger partial charge < -0.3 is 14.8 Å². The Morgan fingerprint density at radius 3 is 2.48 bits per heavy atom. The molecule has 0 aliphatic carbocycles. The Morgan fingerprint density at radius 1 is 1.00 bits per heavy atom. The zero-order valence-electron chi connectivity index (χ0n) is 16.3. The van der Waals surface area contributed by atoms with Crippen molar-refractivity contribution in [2.45, 2.75) is 6.92 Å². The van der Waals surface area contributed by atoms with Gasteiger partial charge in [0.05, 0.1) is 31.5 Å². The highest BCUT2D eigenvalue weighted by atomic mass is 16.5. The summed E-state index contributed by atoms with van der Waals surface area (Å²) in [7, 11) is 3.21. The van der Waals surface area contributed by atoms with Crippen LogP contribution >= 0.6 is 0 Å². The van der Waals surface area contributed by atoms with Crippen molar-refractivity contribution < 1.29 is 9.47 Å². The molecule has 0 radical (unpaired) electrons. The van der Waals surface area contributed by atoms with E-state index in [0.717, 1.165) is 27.7 Å². The number of nitriles is 1. The number of rotatable bonds is 5. The Morgan fingerprint density at radius 2 is 1.79 bits per heavy atom. The number of anilines is 2. The Balaban J connectivity index is 1.95. The average molecular weight is 385 g/mol. The third-order valence-corrected chi connectivity index (χ3v) is 4.56. The summed E-state index contributed by atoms with van der Waals surface area (Å²) < 4.78 is 10.9. The maximum atomic E-state index is 9.29. The first-order valence-corrected chi connectivity index (χ1v) is 8.97. The molecule has 29 heavy (non-hydrogen) atoms. The van der Waals surface area contributed by atoms with Crippen molar-refractivity contribution in [1.29, 1.82) is 5.26 Å². The number of aryl methyl sites for hydroxylation is 1. The summed E-state index contributed by atoms with van der Waals surface area (Å²) in [6.07, 6.45) is 0. The van der Waals surface area contributed by atoms with Gasteiger partial charge in [-0.2, -0.15) is 10.4 Å².